The maximum Gasteiger partial charge on any atom is 0.227 e. The third kappa shape index (κ3) is 6.50. The smallest absolute Gasteiger partial charge is 0.227 e. The Morgan fingerprint density at radius 1 is 1.00 bits per heavy atom. The molecular formula is C29H39N5O3. The first kappa shape index (κ1) is 26.7. The first-order valence-corrected chi connectivity index (χ1v) is 13.0. The van der Waals surface area contributed by atoms with Crippen molar-refractivity contribution in [2.24, 2.45) is 0 Å². The van der Waals surface area contributed by atoms with Gasteiger partial charge < -0.3 is 24.2 Å². The maximum absolute atomic E-state index is 13.5. The molecule has 0 spiro atoms. The number of nitrogens with zero attached hydrogens (tertiary/aromatic N) is 5. The Hall–Kier alpha value is -3.36. The predicted octanol–water partition coefficient (Wildman–Crippen LogP) is 3.55. The van der Waals surface area contributed by atoms with Crippen molar-refractivity contribution in [1.29, 1.82) is 0 Å². The lowest BCUT2D eigenvalue weighted by Crippen LogP contribution is -2.47. The van der Waals surface area contributed by atoms with Crippen molar-refractivity contribution in [2.45, 2.75) is 26.8 Å². The lowest BCUT2D eigenvalue weighted by atomic mass is 10.1. The summed E-state index contributed by atoms with van der Waals surface area (Å²) in [5.74, 6) is 1.93. The molecule has 0 aliphatic carbocycles. The van der Waals surface area contributed by atoms with Crippen LogP contribution >= 0.6 is 0 Å². The second-order valence-corrected chi connectivity index (χ2v) is 9.39. The molecule has 1 amide bonds. The Morgan fingerprint density at radius 3 is 2.32 bits per heavy atom. The molecule has 37 heavy (non-hydrogen) atoms. The van der Waals surface area contributed by atoms with E-state index in [0.29, 0.717) is 26.1 Å². The first-order valence-electron chi connectivity index (χ1n) is 13.0. The van der Waals surface area contributed by atoms with Gasteiger partial charge in [-0.1, -0.05) is 37.3 Å². The number of aryl methyl sites for hydroxylation is 1. The van der Waals surface area contributed by atoms with Gasteiger partial charge in [-0.25, -0.2) is 4.68 Å². The van der Waals surface area contributed by atoms with Crippen LogP contribution in [-0.4, -0.2) is 85.6 Å². The van der Waals surface area contributed by atoms with E-state index < -0.39 is 0 Å². The molecule has 4 rings (SSSR count). The first-order chi connectivity index (χ1) is 18.0. The van der Waals surface area contributed by atoms with E-state index in [-0.39, 0.29) is 5.91 Å². The normalized spacial score (nSPS) is 14.1. The molecule has 0 saturated carbocycles. The monoisotopic (exact) mass is 505 g/mol. The topological polar surface area (TPSA) is 63.1 Å². The van der Waals surface area contributed by atoms with Crippen molar-refractivity contribution in [1.82, 2.24) is 19.6 Å². The molecule has 1 aliphatic heterocycles. The Kier molecular flexibility index (Phi) is 9.19. The lowest BCUT2D eigenvalue weighted by molar-refractivity contribution is -0.131. The van der Waals surface area contributed by atoms with E-state index in [1.54, 1.807) is 14.2 Å². The van der Waals surface area contributed by atoms with E-state index in [1.165, 1.54) is 0 Å². The highest BCUT2D eigenvalue weighted by Gasteiger charge is 2.27. The summed E-state index contributed by atoms with van der Waals surface area (Å²) in [4.78, 5) is 20.3. The molecule has 8 heteroatoms. The molecule has 8 nitrogen and oxygen atoms in total. The molecule has 1 saturated heterocycles. The van der Waals surface area contributed by atoms with Crippen LogP contribution in [0.5, 0.6) is 5.75 Å². The zero-order valence-corrected chi connectivity index (χ0v) is 22.5. The third-order valence-corrected chi connectivity index (χ3v) is 7.06. The summed E-state index contributed by atoms with van der Waals surface area (Å²) < 4.78 is 12.7. The number of hydrogen-bond donors (Lipinski definition) is 0. The largest absolute Gasteiger partial charge is 0.497 e. The molecular weight excluding hydrogens is 466 g/mol. The second-order valence-electron chi connectivity index (χ2n) is 9.39. The van der Waals surface area contributed by atoms with E-state index in [1.807, 2.05) is 54.3 Å². The van der Waals surface area contributed by atoms with Gasteiger partial charge in [0.05, 0.1) is 38.1 Å². The number of amides is 1. The van der Waals surface area contributed by atoms with Crippen molar-refractivity contribution in [3.8, 4) is 11.4 Å². The van der Waals surface area contributed by atoms with Crippen LogP contribution < -0.4 is 9.64 Å². The van der Waals surface area contributed by atoms with Crippen LogP contribution in [-0.2, 0) is 22.5 Å². The summed E-state index contributed by atoms with van der Waals surface area (Å²) in [5, 5.41) is 4.97. The standard InChI is InChI=1S/C29H39N5O3/c1-5-31-15-17-32(18-16-31)29-27(23(2)30-34(29)25-9-7-6-8-10-25)22-33(19-20-36-3)28(35)21-24-11-13-26(37-4)14-12-24/h6-14H,5,15-22H2,1-4H3. The second kappa shape index (κ2) is 12.7. The van der Waals surface area contributed by atoms with Crippen LogP contribution in [0.3, 0.4) is 0 Å². The summed E-state index contributed by atoms with van der Waals surface area (Å²) in [6.07, 6.45) is 0.323. The fraction of sp³-hybridized carbons (Fsp3) is 0.448. The fourth-order valence-electron chi connectivity index (χ4n) is 4.80. The van der Waals surface area contributed by atoms with Gasteiger partial charge in [0.25, 0.3) is 0 Å². The molecule has 3 aromatic rings. The van der Waals surface area contributed by atoms with Crippen molar-refractivity contribution >= 4 is 11.7 Å². The van der Waals surface area contributed by atoms with E-state index in [9.17, 15) is 4.79 Å². The average Bonchev–Trinajstić information content (AvgIpc) is 3.27. The SMILES string of the molecule is CCN1CCN(c2c(CN(CCOC)C(=O)Cc3ccc(OC)cc3)c(C)nn2-c2ccccc2)CC1. The van der Waals surface area contributed by atoms with Gasteiger partial charge in [0.2, 0.25) is 5.91 Å². The van der Waals surface area contributed by atoms with Crippen LogP contribution in [0.15, 0.2) is 54.6 Å². The summed E-state index contributed by atoms with van der Waals surface area (Å²) >= 11 is 0. The molecule has 0 bridgehead atoms. The van der Waals surface area contributed by atoms with E-state index in [4.69, 9.17) is 14.6 Å². The Bertz CT molecular complexity index is 1140. The van der Waals surface area contributed by atoms with Crippen LogP contribution in [0.2, 0.25) is 0 Å². The van der Waals surface area contributed by atoms with Gasteiger partial charge in [-0.2, -0.15) is 5.10 Å². The number of ether oxygens (including phenoxy) is 2. The minimum absolute atomic E-state index is 0.0656. The number of carbonyl (C=O) groups excluding carboxylic acids is 1. The van der Waals surface area contributed by atoms with Gasteiger partial charge in [-0.3, -0.25) is 4.79 Å². The highest BCUT2D eigenvalue weighted by Crippen LogP contribution is 2.30. The van der Waals surface area contributed by atoms with Crippen LogP contribution in [0.1, 0.15) is 23.7 Å². The molecule has 0 radical (unpaired) electrons. The van der Waals surface area contributed by atoms with E-state index >= 15 is 0 Å². The fourth-order valence-corrected chi connectivity index (χ4v) is 4.80. The number of aromatic nitrogens is 2. The Balaban J connectivity index is 1.64. The number of anilines is 1. The average molecular weight is 506 g/mol. The lowest BCUT2D eigenvalue weighted by Gasteiger charge is -2.36. The minimum atomic E-state index is 0.0656. The van der Waals surface area contributed by atoms with Crippen molar-refractivity contribution in [3.63, 3.8) is 0 Å². The number of benzene rings is 2. The predicted molar refractivity (Wildman–Crippen MR) is 147 cm³/mol. The van der Waals surface area contributed by atoms with Gasteiger partial charge in [-0.05, 0) is 43.3 Å². The summed E-state index contributed by atoms with van der Waals surface area (Å²) in [6.45, 7) is 10.7. The van der Waals surface area contributed by atoms with Gasteiger partial charge in [0.15, 0.2) is 0 Å². The molecule has 2 heterocycles. The van der Waals surface area contributed by atoms with Crippen molar-refractivity contribution < 1.29 is 14.3 Å². The number of likely N-dealkylation sites (N-methyl/N-ethyl adjacent to an activating group) is 1. The molecule has 0 unspecified atom stereocenters. The molecule has 0 N–H and O–H groups in total. The molecule has 198 valence electrons. The number of hydrogen-bond acceptors (Lipinski definition) is 6. The minimum Gasteiger partial charge on any atom is -0.497 e. The number of methoxy groups -OCH3 is 2. The van der Waals surface area contributed by atoms with Crippen LogP contribution in [0.25, 0.3) is 5.69 Å². The van der Waals surface area contributed by atoms with Gasteiger partial charge in [-0.15, -0.1) is 0 Å². The van der Waals surface area contributed by atoms with Crippen molar-refractivity contribution in [3.05, 3.63) is 71.4 Å². The highest BCUT2D eigenvalue weighted by molar-refractivity contribution is 5.79. The van der Waals surface area contributed by atoms with Crippen LogP contribution in [0.4, 0.5) is 5.82 Å². The summed E-state index contributed by atoms with van der Waals surface area (Å²) in [5.41, 5.74) is 4.02. The highest BCUT2D eigenvalue weighted by atomic mass is 16.5. The van der Waals surface area contributed by atoms with Gasteiger partial charge in [0.1, 0.15) is 11.6 Å². The molecule has 0 atom stereocenters. The number of para-hydroxylation sites is 1. The summed E-state index contributed by atoms with van der Waals surface area (Å²) in [7, 11) is 3.31. The molecule has 2 aromatic carbocycles. The quantitative estimate of drug-likeness (QED) is 0.397. The van der Waals surface area contributed by atoms with Gasteiger partial charge >= 0.3 is 0 Å². The number of piperazine rings is 1. The van der Waals surface area contributed by atoms with Crippen molar-refractivity contribution in [2.75, 3.05) is 65.0 Å². The van der Waals surface area contributed by atoms with Gasteiger partial charge in [0, 0.05) is 45.4 Å². The molecule has 1 fully saturated rings. The number of carbonyl (C=O) groups is 1. The Morgan fingerprint density at radius 2 is 1.70 bits per heavy atom. The zero-order chi connectivity index (χ0) is 26.2. The summed E-state index contributed by atoms with van der Waals surface area (Å²) in [6, 6.07) is 17.9. The van der Waals surface area contributed by atoms with Crippen LogP contribution in [0, 0.1) is 6.92 Å². The number of rotatable bonds is 11. The third-order valence-electron chi connectivity index (χ3n) is 7.06. The van der Waals surface area contributed by atoms with E-state index in [2.05, 4.69) is 33.5 Å². The zero-order valence-electron chi connectivity index (χ0n) is 22.5. The maximum atomic E-state index is 13.5. The molecule has 1 aliphatic rings. The van der Waals surface area contributed by atoms with E-state index in [0.717, 1.165) is 66.8 Å². The Labute approximate surface area is 220 Å². The molecule has 1 aromatic heterocycles.